The molecule has 0 radical (unpaired) electrons. The Morgan fingerprint density at radius 3 is 2.04 bits per heavy atom. The Hall–Kier alpha value is -1.98. The fourth-order valence-corrected chi connectivity index (χ4v) is 2.00. The van der Waals surface area contributed by atoms with Gasteiger partial charge in [-0.1, -0.05) is 13.2 Å². The Morgan fingerprint density at radius 2 is 1.48 bits per heavy atom. The van der Waals surface area contributed by atoms with Gasteiger partial charge in [-0.05, 0) is 38.5 Å². The SMILES string of the molecule is C=COCCCCOC(=O)C(CCCCOC=C)CCC(=O)O. The van der Waals surface area contributed by atoms with Crippen LogP contribution in [0.25, 0.3) is 0 Å². The van der Waals surface area contributed by atoms with Crippen LogP contribution in [0.15, 0.2) is 25.7 Å². The Labute approximate surface area is 138 Å². The minimum Gasteiger partial charge on any atom is -0.502 e. The van der Waals surface area contributed by atoms with Crippen LogP contribution in [0.1, 0.15) is 44.9 Å². The molecule has 6 nitrogen and oxygen atoms in total. The average molecular weight is 328 g/mol. The molecule has 1 atom stereocenters. The monoisotopic (exact) mass is 328 g/mol. The maximum atomic E-state index is 12.1. The minimum atomic E-state index is -0.903. The Morgan fingerprint density at radius 1 is 0.913 bits per heavy atom. The van der Waals surface area contributed by atoms with E-state index in [1.807, 2.05) is 0 Å². The van der Waals surface area contributed by atoms with Crippen LogP contribution in [0.4, 0.5) is 0 Å². The molecule has 0 saturated carbocycles. The van der Waals surface area contributed by atoms with Crippen LogP contribution >= 0.6 is 0 Å². The Bertz CT molecular complexity index is 353. The van der Waals surface area contributed by atoms with Crippen molar-refractivity contribution in [1.82, 2.24) is 0 Å². The molecular weight excluding hydrogens is 300 g/mol. The summed E-state index contributed by atoms with van der Waals surface area (Å²) in [5.74, 6) is -1.60. The van der Waals surface area contributed by atoms with Crippen LogP contribution in [0.5, 0.6) is 0 Å². The van der Waals surface area contributed by atoms with Crippen molar-refractivity contribution in [2.75, 3.05) is 19.8 Å². The highest BCUT2D eigenvalue weighted by molar-refractivity contribution is 5.74. The van der Waals surface area contributed by atoms with Crippen LogP contribution in [0.3, 0.4) is 0 Å². The second kappa shape index (κ2) is 14.9. The number of hydrogen-bond acceptors (Lipinski definition) is 5. The lowest BCUT2D eigenvalue weighted by Gasteiger charge is -2.15. The fourth-order valence-electron chi connectivity index (χ4n) is 2.00. The predicted molar refractivity (Wildman–Crippen MR) is 86.7 cm³/mol. The highest BCUT2D eigenvalue weighted by atomic mass is 16.5. The molecule has 1 N–H and O–H groups in total. The molecule has 0 spiro atoms. The first-order chi connectivity index (χ1) is 11.1. The topological polar surface area (TPSA) is 82.1 Å². The van der Waals surface area contributed by atoms with Gasteiger partial charge in [0, 0.05) is 6.42 Å². The standard InChI is InChI=1S/C17H28O6/c1-3-21-12-6-5-9-15(10-11-16(18)19)17(20)23-14-8-7-13-22-4-2/h3-4,15H,1-2,5-14H2,(H,18,19). The molecule has 6 heteroatoms. The van der Waals surface area contributed by atoms with E-state index in [-0.39, 0.29) is 18.3 Å². The van der Waals surface area contributed by atoms with Crippen molar-refractivity contribution in [3.05, 3.63) is 25.7 Å². The van der Waals surface area contributed by atoms with Crippen molar-refractivity contribution in [2.45, 2.75) is 44.9 Å². The molecule has 1 unspecified atom stereocenters. The molecule has 0 rings (SSSR count). The summed E-state index contributed by atoms with van der Waals surface area (Å²) in [5.41, 5.74) is 0. The number of rotatable bonds is 16. The highest BCUT2D eigenvalue weighted by Gasteiger charge is 2.20. The first-order valence-corrected chi connectivity index (χ1v) is 7.95. The molecule has 0 heterocycles. The zero-order chi connectivity index (χ0) is 17.3. The van der Waals surface area contributed by atoms with Gasteiger partial charge in [-0.2, -0.15) is 0 Å². The van der Waals surface area contributed by atoms with Gasteiger partial charge in [0.05, 0.1) is 38.3 Å². The lowest BCUT2D eigenvalue weighted by molar-refractivity contribution is -0.149. The number of hydrogen-bond donors (Lipinski definition) is 1. The lowest BCUT2D eigenvalue weighted by Crippen LogP contribution is -2.20. The molecule has 0 saturated heterocycles. The molecule has 0 bridgehead atoms. The van der Waals surface area contributed by atoms with Crippen LogP contribution in [0.2, 0.25) is 0 Å². The molecule has 132 valence electrons. The zero-order valence-electron chi connectivity index (χ0n) is 13.7. The van der Waals surface area contributed by atoms with Gasteiger partial charge < -0.3 is 19.3 Å². The summed E-state index contributed by atoms with van der Waals surface area (Å²) >= 11 is 0. The fraction of sp³-hybridized carbons (Fsp3) is 0.647. The molecule has 0 aliphatic heterocycles. The van der Waals surface area contributed by atoms with Gasteiger partial charge in [0.15, 0.2) is 0 Å². The molecule has 0 amide bonds. The predicted octanol–water partition coefficient (Wildman–Crippen LogP) is 3.28. The molecule has 0 aromatic carbocycles. The van der Waals surface area contributed by atoms with E-state index in [1.165, 1.54) is 12.5 Å². The van der Waals surface area contributed by atoms with Crippen molar-refractivity contribution >= 4 is 11.9 Å². The molecule has 0 fully saturated rings. The third kappa shape index (κ3) is 13.4. The van der Waals surface area contributed by atoms with Crippen molar-refractivity contribution in [2.24, 2.45) is 5.92 Å². The molecular formula is C17H28O6. The molecule has 0 aromatic rings. The van der Waals surface area contributed by atoms with Gasteiger partial charge in [0.1, 0.15) is 0 Å². The summed E-state index contributed by atoms with van der Waals surface area (Å²) in [6.07, 6.45) is 6.69. The van der Waals surface area contributed by atoms with E-state index in [2.05, 4.69) is 13.2 Å². The zero-order valence-corrected chi connectivity index (χ0v) is 13.7. The van der Waals surface area contributed by atoms with E-state index in [1.54, 1.807) is 0 Å². The van der Waals surface area contributed by atoms with Gasteiger partial charge >= 0.3 is 11.9 Å². The second-order valence-corrected chi connectivity index (χ2v) is 5.07. The normalized spacial score (nSPS) is 11.3. The van der Waals surface area contributed by atoms with Gasteiger partial charge in [-0.25, -0.2) is 0 Å². The third-order valence-corrected chi connectivity index (χ3v) is 3.24. The number of carboxylic acid groups (broad SMARTS) is 1. The first-order valence-electron chi connectivity index (χ1n) is 7.95. The number of carbonyl (C=O) groups excluding carboxylic acids is 1. The van der Waals surface area contributed by atoms with E-state index in [0.717, 1.165) is 19.3 Å². The van der Waals surface area contributed by atoms with Gasteiger partial charge in [0.2, 0.25) is 0 Å². The Kier molecular flexibility index (Phi) is 13.7. The largest absolute Gasteiger partial charge is 0.502 e. The lowest BCUT2D eigenvalue weighted by atomic mass is 9.97. The summed E-state index contributed by atoms with van der Waals surface area (Å²) in [5, 5.41) is 8.78. The Balaban J connectivity index is 4.03. The second-order valence-electron chi connectivity index (χ2n) is 5.07. The smallest absolute Gasteiger partial charge is 0.308 e. The van der Waals surface area contributed by atoms with Crippen molar-refractivity contribution in [1.29, 1.82) is 0 Å². The van der Waals surface area contributed by atoms with Crippen molar-refractivity contribution in [3.63, 3.8) is 0 Å². The van der Waals surface area contributed by atoms with Crippen LogP contribution in [-0.4, -0.2) is 36.9 Å². The van der Waals surface area contributed by atoms with Gasteiger partial charge in [-0.15, -0.1) is 0 Å². The number of esters is 1. The molecule has 0 aliphatic carbocycles. The minimum absolute atomic E-state index is 0.0316. The number of ether oxygens (including phenoxy) is 3. The average Bonchev–Trinajstić information content (AvgIpc) is 2.53. The molecule has 0 aliphatic rings. The van der Waals surface area contributed by atoms with Gasteiger partial charge in [-0.3, -0.25) is 9.59 Å². The summed E-state index contributed by atoms with van der Waals surface area (Å²) in [6.45, 7) is 8.32. The number of carboxylic acids is 1. The van der Waals surface area contributed by atoms with Crippen LogP contribution < -0.4 is 0 Å². The van der Waals surface area contributed by atoms with E-state index < -0.39 is 5.97 Å². The quantitative estimate of drug-likeness (QED) is 0.266. The van der Waals surface area contributed by atoms with Crippen LogP contribution in [-0.2, 0) is 23.8 Å². The number of unbranched alkanes of at least 4 members (excludes halogenated alkanes) is 2. The molecule has 23 heavy (non-hydrogen) atoms. The van der Waals surface area contributed by atoms with Crippen molar-refractivity contribution < 1.29 is 28.9 Å². The number of aliphatic carboxylic acids is 1. The van der Waals surface area contributed by atoms with Crippen LogP contribution in [0, 0.1) is 5.92 Å². The summed E-state index contributed by atoms with van der Waals surface area (Å²) in [7, 11) is 0. The summed E-state index contributed by atoms with van der Waals surface area (Å²) < 4.78 is 15.2. The van der Waals surface area contributed by atoms with E-state index in [9.17, 15) is 9.59 Å². The van der Waals surface area contributed by atoms with Gasteiger partial charge in [0.25, 0.3) is 0 Å². The highest BCUT2D eigenvalue weighted by Crippen LogP contribution is 2.17. The first kappa shape index (κ1) is 21.0. The van der Waals surface area contributed by atoms with E-state index >= 15 is 0 Å². The van der Waals surface area contributed by atoms with Crippen molar-refractivity contribution in [3.8, 4) is 0 Å². The summed E-state index contributed by atoms with van der Waals surface area (Å²) in [6, 6.07) is 0. The summed E-state index contributed by atoms with van der Waals surface area (Å²) in [4.78, 5) is 22.8. The maximum absolute atomic E-state index is 12.1. The third-order valence-electron chi connectivity index (χ3n) is 3.24. The number of carbonyl (C=O) groups is 2. The van der Waals surface area contributed by atoms with E-state index in [4.69, 9.17) is 19.3 Å². The maximum Gasteiger partial charge on any atom is 0.308 e. The molecule has 0 aromatic heterocycles. The van der Waals surface area contributed by atoms with E-state index in [0.29, 0.717) is 39.1 Å².